The number of thiophene rings is 1. The number of hydrogen-bond donors (Lipinski definition) is 1. The highest BCUT2D eigenvalue weighted by Crippen LogP contribution is 2.34. The third kappa shape index (κ3) is 1.87. The van der Waals surface area contributed by atoms with Gasteiger partial charge in [0.1, 0.15) is 5.82 Å². The first-order chi connectivity index (χ1) is 7.83. The van der Waals surface area contributed by atoms with Crippen LogP contribution in [0.5, 0.6) is 0 Å². The smallest absolute Gasteiger partial charge is 0.191 e. The fourth-order valence-electron chi connectivity index (χ4n) is 2.20. The Bertz CT molecular complexity index is 485. The largest absolute Gasteiger partial charge is 0.262 e. The average molecular weight is 254 g/mol. The average Bonchev–Trinajstić information content (AvgIpc) is 2.97. The van der Waals surface area contributed by atoms with Crippen LogP contribution in [0.3, 0.4) is 0 Å². The first-order valence-electron chi connectivity index (χ1n) is 5.51. The Balaban J connectivity index is 1.87. The van der Waals surface area contributed by atoms with E-state index in [1.54, 1.807) is 0 Å². The minimum atomic E-state index is 0.580. The zero-order valence-corrected chi connectivity index (χ0v) is 10.3. The van der Waals surface area contributed by atoms with E-state index in [1.165, 1.54) is 37.0 Å². The molecule has 1 N–H and O–H groups in total. The maximum atomic E-state index is 5.90. The summed E-state index contributed by atoms with van der Waals surface area (Å²) in [6, 6.07) is 3.85. The number of aromatic amines is 1. The normalized spacial score (nSPS) is 17.1. The SMILES string of the molecule is Clc1ccc(-c2n[nH]c(C3CCCC3)n2)s1. The van der Waals surface area contributed by atoms with Gasteiger partial charge in [0.15, 0.2) is 5.82 Å². The summed E-state index contributed by atoms with van der Waals surface area (Å²) < 4.78 is 0.780. The van der Waals surface area contributed by atoms with Crippen LogP contribution in [-0.4, -0.2) is 15.2 Å². The van der Waals surface area contributed by atoms with Gasteiger partial charge in [-0.15, -0.1) is 11.3 Å². The van der Waals surface area contributed by atoms with Crippen LogP contribution < -0.4 is 0 Å². The zero-order valence-electron chi connectivity index (χ0n) is 8.74. The summed E-state index contributed by atoms with van der Waals surface area (Å²) in [5.41, 5.74) is 0. The zero-order chi connectivity index (χ0) is 11.0. The van der Waals surface area contributed by atoms with Gasteiger partial charge in [-0.1, -0.05) is 24.4 Å². The van der Waals surface area contributed by atoms with Crippen LogP contribution in [0, 0.1) is 0 Å². The molecule has 2 aromatic rings. The fraction of sp³-hybridized carbons (Fsp3) is 0.455. The minimum absolute atomic E-state index is 0.580. The number of rotatable bonds is 2. The van der Waals surface area contributed by atoms with Crippen molar-refractivity contribution in [3.8, 4) is 10.7 Å². The summed E-state index contributed by atoms with van der Waals surface area (Å²) in [5, 5.41) is 7.32. The lowest BCUT2D eigenvalue weighted by Gasteiger charge is -2.01. The van der Waals surface area contributed by atoms with Crippen molar-refractivity contribution in [1.29, 1.82) is 0 Å². The quantitative estimate of drug-likeness (QED) is 0.883. The molecule has 84 valence electrons. The number of nitrogens with one attached hydrogen (secondary N) is 1. The van der Waals surface area contributed by atoms with E-state index >= 15 is 0 Å². The second-order valence-corrected chi connectivity index (χ2v) is 5.84. The van der Waals surface area contributed by atoms with Gasteiger partial charge < -0.3 is 0 Å². The van der Waals surface area contributed by atoms with E-state index in [9.17, 15) is 0 Å². The van der Waals surface area contributed by atoms with Crippen LogP contribution in [0.2, 0.25) is 4.34 Å². The molecule has 1 aliphatic carbocycles. The molecule has 0 aromatic carbocycles. The Kier molecular flexibility index (Phi) is 2.69. The molecule has 0 saturated heterocycles. The van der Waals surface area contributed by atoms with E-state index < -0.39 is 0 Å². The van der Waals surface area contributed by atoms with E-state index in [0.29, 0.717) is 5.92 Å². The van der Waals surface area contributed by atoms with E-state index in [-0.39, 0.29) is 0 Å². The molecular formula is C11H12ClN3S. The minimum Gasteiger partial charge on any atom is -0.262 e. The van der Waals surface area contributed by atoms with Gasteiger partial charge in [0.05, 0.1) is 9.21 Å². The predicted octanol–water partition coefficient (Wildman–Crippen LogP) is 3.84. The lowest BCUT2D eigenvalue weighted by atomic mass is 10.1. The highest BCUT2D eigenvalue weighted by atomic mass is 35.5. The van der Waals surface area contributed by atoms with Gasteiger partial charge in [-0.25, -0.2) is 4.98 Å². The second kappa shape index (κ2) is 4.18. The third-order valence-corrected chi connectivity index (χ3v) is 4.27. The molecule has 3 rings (SSSR count). The van der Waals surface area contributed by atoms with E-state index in [2.05, 4.69) is 15.2 Å². The summed E-state index contributed by atoms with van der Waals surface area (Å²) in [6.07, 6.45) is 5.09. The molecule has 0 amide bonds. The van der Waals surface area contributed by atoms with Crippen molar-refractivity contribution < 1.29 is 0 Å². The number of aromatic nitrogens is 3. The maximum Gasteiger partial charge on any atom is 0.191 e. The molecular weight excluding hydrogens is 242 g/mol. The van der Waals surface area contributed by atoms with Crippen molar-refractivity contribution in [2.45, 2.75) is 31.6 Å². The lowest BCUT2D eigenvalue weighted by Crippen LogP contribution is -1.94. The number of hydrogen-bond acceptors (Lipinski definition) is 3. The summed E-state index contributed by atoms with van der Waals surface area (Å²) >= 11 is 7.41. The second-order valence-electron chi connectivity index (χ2n) is 4.13. The molecule has 5 heteroatoms. The van der Waals surface area contributed by atoms with Crippen molar-refractivity contribution in [1.82, 2.24) is 15.2 Å². The van der Waals surface area contributed by atoms with Crippen LogP contribution in [0.15, 0.2) is 12.1 Å². The van der Waals surface area contributed by atoms with Crippen molar-refractivity contribution in [2.75, 3.05) is 0 Å². The molecule has 0 bridgehead atoms. The Labute approximate surface area is 103 Å². The van der Waals surface area contributed by atoms with Crippen LogP contribution in [0.25, 0.3) is 10.7 Å². The van der Waals surface area contributed by atoms with E-state index in [1.807, 2.05) is 12.1 Å². The molecule has 0 aliphatic heterocycles. The van der Waals surface area contributed by atoms with Gasteiger partial charge in [-0.2, -0.15) is 5.10 Å². The van der Waals surface area contributed by atoms with Gasteiger partial charge in [-0.05, 0) is 25.0 Å². The third-order valence-electron chi connectivity index (χ3n) is 3.04. The van der Waals surface area contributed by atoms with Gasteiger partial charge in [-0.3, -0.25) is 5.10 Å². The Morgan fingerprint density at radius 3 is 2.81 bits per heavy atom. The number of H-pyrrole nitrogens is 1. The summed E-state index contributed by atoms with van der Waals surface area (Å²) in [6.45, 7) is 0. The summed E-state index contributed by atoms with van der Waals surface area (Å²) in [7, 11) is 0. The molecule has 1 fully saturated rings. The standard InChI is InChI=1S/C11H12ClN3S/c12-9-6-5-8(16-9)11-13-10(14-15-11)7-3-1-2-4-7/h5-7H,1-4H2,(H,13,14,15). The van der Waals surface area contributed by atoms with Gasteiger partial charge >= 0.3 is 0 Å². The van der Waals surface area contributed by atoms with Gasteiger partial charge in [0, 0.05) is 5.92 Å². The Hall–Kier alpha value is -0.870. The highest BCUT2D eigenvalue weighted by molar-refractivity contribution is 7.19. The molecule has 16 heavy (non-hydrogen) atoms. The van der Waals surface area contributed by atoms with Crippen LogP contribution in [0.4, 0.5) is 0 Å². The molecule has 2 aromatic heterocycles. The Morgan fingerprint density at radius 2 is 2.12 bits per heavy atom. The highest BCUT2D eigenvalue weighted by Gasteiger charge is 2.21. The molecule has 2 heterocycles. The van der Waals surface area contributed by atoms with Crippen molar-refractivity contribution in [2.24, 2.45) is 0 Å². The predicted molar refractivity (Wildman–Crippen MR) is 65.9 cm³/mol. The first-order valence-corrected chi connectivity index (χ1v) is 6.70. The van der Waals surface area contributed by atoms with Crippen LogP contribution in [0.1, 0.15) is 37.4 Å². The topological polar surface area (TPSA) is 41.6 Å². The van der Waals surface area contributed by atoms with E-state index in [0.717, 1.165) is 20.9 Å². The molecule has 1 aliphatic rings. The number of halogens is 1. The fourth-order valence-corrected chi connectivity index (χ4v) is 3.18. The van der Waals surface area contributed by atoms with Crippen molar-refractivity contribution in [3.63, 3.8) is 0 Å². The first kappa shape index (κ1) is 10.3. The lowest BCUT2D eigenvalue weighted by molar-refractivity contribution is 0.672. The number of nitrogens with zero attached hydrogens (tertiary/aromatic N) is 2. The molecule has 0 unspecified atom stereocenters. The molecule has 0 radical (unpaired) electrons. The van der Waals surface area contributed by atoms with Crippen LogP contribution in [-0.2, 0) is 0 Å². The maximum absolute atomic E-state index is 5.90. The Morgan fingerprint density at radius 1 is 1.31 bits per heavy atom. The molecule has 3 nitrogen and oxygen atoms in total. The summed E-state index contributed by atoms with van der Waals surface area (Å²) in [4.78, 5) is 5.59. The van der Waals surface area contributed by atoms with Gasteiger partial charge in [0.25, 0.3) is 0 Å². The van der Waals surface area contributed by atoms with Crippen LogP contribution >= 0.6 is 22.9 Å². The van der Waals surface area contributed by atoms with Crippen molar-refractivity contribution in [3.05, 3.63) is 22.3 Å². The summed E-state index contributed by atoms with van der Waals surface area (Å²) in [5.74, 6) is 2.40. The van der Waals surface area contributed by atoms with Crippen molar-refractivity contribution >= 4 is 22.9 Å². The molecule has 0 atom stereocenters. The van der Waals surface area contributed by atoms with E-state index in [4.69, 9.17) is 11.6 Å². The van der Waals surface area contributed by atoms with Gasteiger partial charge in [0.2, 0.25) is 0 Å². The monoisotopic (exact) mass is 253 g/mol. The molecule has 1 saturated carbocycles. The molecule has 0 spiro atoms.